The molecule has 1 aliphatic carbocycles. The van der Waals surface area contributed by atoms with E-state index < -0.39 is 5.54 Å². The van der Waals surface area contributed by atoms with E-state index in [9.17, 15) is 9.59 Å². The third-order valence-electron chi connectivity index (χ3n) is 4.84. The zero-order valence-electron chi connectivity index (χ0n) is 14.1. The number of amides is 2. The first kappa shape index (κ1) is 17.3. The number of carbonyl (C=O) groups excluding carboxylic acids is 2. The fraction of sp³-hybridized carbons (Fsp3) is 0.556. The molecule has 3 rings (SSSR count). The summed E-state index contributed by atoms with van der Waals surface area (Å²) in [4.78, 5) is 28.2. The van der Waals surface area contributed by atoms with Crippen LogP contribution in [0.5, 0.6) is 0 Å². The Morgan fingerprint density at radius 1 is 1.25 bits per heavy atom. The Labute approximate surface area is 147 Å². The Morgan fingerprint density at radius 3 is 2.75 bits per heavy atom. The van der Waals surface area contributed by atoms with E-state index in [0.717, 1.165) is 48.6 Å². The highest BCUT2D eigenvalue weighted by atomic mass is 32.2. The van der Waals surface area contributed by atoms with Gasteiger partial charge in [-0.05, 0) is 31.9 Å². The predicted molar refractivity (Wildman–Crippen MR) is 97.4 cm³/mol. The number of hydrogen-bond donors (Lipinski definition) is 2. The number of carbonyl (C=O) groups is 2. The van der Waals surface area contributed by atoms with Crippen LogP contribution in [0, 0.1) is 0 Å². The summed E-state index contributed by atoms with van der Waals surface area (Å²) < 4.78 is 0. The van der Waals surface area contributed by atoms with E-state index in [-0.39, 0.29) is 18.4 Å². The molecule has 0 aromatic heterocycles. The van der Waals surface area contributed by atoms with Gasteiger partial charge >= 0.3 is 0 Å². The Balaban J connectivity index is 1.68. The number of anilines is 1. The van der Waals surface area contributed by atoms with Gasteiger partial charge in [0.15, 0.2) is 0 Å². The first-order valence-electron chi connectivity index (χ1n) is 8.72. The monoisotopic (exact) mass is 347 g/mol. The number of likely N-dealkylation sites (N-methyl/N-ethyl adjacent to an activating group) is 1. The molecule has 6 heteroatoms. The van der Waals surface area contributed by atoms with Crippen LogP contribution in [-0.4, -0.2) is 42.7 Å². The summed E-state index contributed by atoms with van der Waals surface area (Å²) in [6, 6.07) is 8.01. The van der Waals surface area contributed by atoms with Crippen LogP contribution in [-0.2, 0) is 9.59 Å². The van der Waals surface area contributed by atoms with Crippen molar-refractivity contribution in [2.24, 2.45) is 0 Å². The van der Waals surface area contributed by atoms with Crippen molar-refractivity contribution in [2.75, 3.05) is 30.3 Å². The summed E-state index contributed by atoms with van der Waals surface area (Å²) in [6.07, 6.45) is 3.67. The van der Waals surface area contributed by atoms with Crippen LogP contribution >= 0.6 is 11.8 Å². The largest absolute Gasteiger partial charge is 0.355 e. The third-order valence-corrected chi connectivity index (χ3v) is 5.88. The molecule has 2 aliphatic rings. The van der Waals surface area contributed by atoms with Crippen LogP contribution in [0.2, 0.25) is 0 Å². The van der Waals surface area contributed by atoms with Gasteiger partial charge in [0.25, 0.3) is 0 Å². The first-order chi connectivity index (χ1) is 11.7. The fourth-order valence-electron chi connectivity index (χ4n) is 3.56. The van der Waals surface area contributed by atoms with Crippen molar-refractivity contribution in [3.05, 3.63) is 24.3 Å². The van der Waals surface area contributed by atoms with Gasteiger partial charge in [-0.3, -0.25) is 14.9 Å². The minimum atomic E-state index is -0.574. The molecule has 1 aromatic rings. The SMILES string of the molecule is CCNC(=O)C1(NCC(=O)N2CCSc3ccccc32)CCCC1. The van der Waals surface area contributed by atoms with Gasteiger partial charge in [0.05, 0.1) is 17.8 Å². The minimum Gasteiger partial charge on any atom is -0.355 e. The van der Waals surface area contributed by atoms with Gasteiger partial charge in [-0.15, -0.1) is 11.8 Å². The van der Waals surface area contributed by atoms with E-state index in [0.29, 0.717) is 6.54 Å². The van der Waals surface area contributed by atoms with Crippen LogP contribution in [0.15, 0.2) is 29.2 Å². The van der Waals surface area contributed by atoms with Crippen molar-refractivity contribution >= 4 is 29.3 Å². The fourth-order valence-corrected chi connectivity index (χ4v) is 4.56. The van der Waals surface area contributed by atoms with E-state index in [1.807, 2.05) is 30.0 Å². The summed E-state index contributed by atoms with van der Waals surface area (Å²) in [5, 5.41) is 6.22. The maximum absolute atomic E-state index is 12.8. The van der Waals surface area contributed by atoms with Gasteiger partial charge in [0.1, 0.15) is 0 Å². The maximum atomic E-state index is 12.8. The van der Waals surface area contributed by atoms with Crippen LogP contribution in [0.3, 0.4) is 0 Å². The predicted octanol–water partition coefficient (Wildman–Crippen LogP) is 2.16. The number of hydrogen-bond acceptors (Lipinski definition) is 4. The van der Waals surface area contributed by atoms with Crippen LogP contribution in [0.4, 0.5) is 5.69 Å². The maximum Gasteiger partial charge on any atom is 0.241 e. The lowest BCUT2D eigenvalue weighted by atomic mass is 9.96. The molecule has 0 bridgehead atoms. The van der Waals surface area contributed by atoms with Crippen molar-refractivity contribution < 1.29 is 9.59 Å². The first-order valence-corrected chi connectivity index (χ1v) is 9.70. The summed E-state index contributed by atoms with van der Waals surface area (Å²) in [5.41, 5.74) is 0.412. The highest BCUT2D eigenvalue weighted by Gasteiger charge is 2.41. The Kier molecular flexibility index (Phi) is 5.46. The second-order valence-corrected chi connectivity index (χ2v) is 7.50. The molecule has 0 unspecified atom stereocenters. The molecule has 5 nitrogen and oxygen atoms in total. The molecule has 1 fully saturated rings. The molecule has 1 aliphatic heterocycles. The number of nitrogens with zero attached hydrogens (tertiary/aromatic N) is 1. The molecule has 130 valence electrons. The number of para-hydroxylation sites is 1. The highest BCUT2D eigenvalue weighted by Crippen LogP contribution is 2.34. The molecule has 0 saturated heterocycles. The standard InChI is InChI=1S/C18H25N3O2S/c1-2-19-17(23)18(9-5-6-10-18)20-13-16(22)21-11-12-24-15-8-4-3-7-14(15)21/h3-4,7-8,20H,2,5-6,9-13H2,1H3,(H,19,23). The van der Waals surface area contributed by atoms with Crippen molar-refractivity contribution in [3.8, 4) is 0 Å². The second kappa shape index (κ2) is 7.57. The van der Waals surface area contributed by atoms with Crippen molar-refractivity contribution in [1.29, 1.82) is 0 Å². The molecule has 1 heterocycles. The van der Waals surface area contributed by atoms with Crippen LogP contribution in [0.25, 0.3) is 0 Å². The number of rotatable bonds is 5. The normalized spacial score (nSPS) is 19.0. The molecular formula is C18H25N3O2S. The summed E-state index contributed by atoms with van der Waals surface area (Å²) in [6.45, 7) is 3.47. The number of thioether (sulfide) groups is 1. The van der Waals surface area contributed by atoms with Gasteiger partial charge in [-0.25, -0.2) is 0 Å². The van der Waals surface area contributed by atoms with Gasteiger partial charge in [0.2, 0.25) is 11.8 Å². The quantitative estimate of drug-likeness (QED) is 0.857. The van der Waals surface area contributed by atoms with Gasteiger partial charge in [-0.2, -0.15) is 0 Å². The Hall–Kier alpha value is -1.53. The van der Waals surface area contributed by atoms with E-state index in [2.05, 4.69) is 16.7 Å². The summed E-state index contributed by atoms with van der Waals surface area (Å²) in [7, 11) is 0. The van der Waals surface area contributed by atoms with E-state index in [1.165, 1.54) is 0 Å². The zero-order valence-corrected chi connectivity index (χ0v) is 15.0. The summed E-state index contributed by atoms with van der Waals surface area (Å²) >= 11 is 1.79. The molecule has 24 heavy (non-hydrogen) atoms. The smallest absolute Gasteiger partial charge is 0.241 e. The lowest BCUT2D eigenvalue weighted by molar-refractivity contribution is -0.127. The topological polar surface area (TPSA) is 61.4 Å². The number of nitrogens with one attached hydrogen (secondary N) is 2. The van der Waals surface area contributed by atoms with Crippen LogP contribution < -0.4 is 15.5 Å². The minimum absolute atomic E-state index is 0.0323. The Morgan fingerprint density at radius 2 is 2.00 bits per heavy atom. The van der Waals surface area contributed by atoms with E-state index in [1.54, 1.807) is 11.8 Å². The molecule has 2 amide bonds. The molecule has 0 radical (unpaired) electrons. The molecule has 2 N–H and O–H groups in total. The molecule has 0 spiro atoms. The van der Waals surface area contributed by atoms with Crippen molar-refractivity contribution in [3.63, 3.8) is 0 Å². The molecule has 1 saturated carbocycles. The van der Waals surface area contributed by atoms with Crippen LogP contribution in [0.1, 0.15) is 32.6 Å². The lowest BCUT2D eigenvalue weighted by Gasteiger charge is -2.32. The second-order valence-electron chi connectivity index (χ2n) is 6.36. The number of benzene rings is 1. The average Bonchev–Trinajstić information content (AvgIpc) is 3.10. The van der Waals surface area contributed by atoms with Gasteiger partial charge in [-0.1, -0.05) is 25.0 Å². The zero-order chi connectivity index (χ0) is 17.0. The van der Waals surface area contributed by atoms with Crippen molar-refractivity contribution in [1.82, 2.24) is 10.6 Å². The summed E-state index contributed by atoms with van der Waals surface area (Å²) in [5.74, 6) is 0.979. The lowest BCUT2D eigenvalue weighted by Crippen LogP contribution is -2.57. The number of fused-ring (bicyclic) bond motifs is 1. The van der Waals surface area contributed by atoms with E-state index >= 15 is 0 Å². The Bertz CT molecular complexity index is 614. The molecular weight excluding hydrogens is 322 g/mol. The van der Waals surface area contributed by atoms with Crippen molar-refractivity contribution in [2.45, 2.75) is 43.0 Å². The molecule has 1 aromatic carbocycles. The van der Waals surface area contributed by atoms with Gasteiger partial charge in [0, 0.05) is 23.7 Å². The third kappa shape index (κ3) is 3.44. The van der Waals surface area contributed by atoms with E-state index in [4.69, 9.17) is 0 Å². The highest BCUT2D eigenvalue weighted by molar-refractivity contribution is 7.99. The molecule has 0 atom stereocenters. The van der Waals surface area contributed by atoms with Gasteiger partial charge < -0.3 is 10.2 Å². The average molecular weight is 347 g/mol.